The van der Waals surface area contributed by atoms with Gasteiger partial charge in [-0.2, -0.15) is 0 Å². The minimum Gasteiger partial charge on any atom is -0.467 e. The predicted octanol–water partition coefficient (Wildman–Crippen LogP) is 2.98. The zero-order valence-electron chi connectivity index (χ0n) is 17.4. The second-order valence-corrected chi connectivity index (χ2v) is 6.89. The van der Waals surface area contributed by atoms with E-state index in [2.05, 4.69) is 10.1 Å². The van der Waals surface area contributed by atoms with Crippen molar-refractivity contribution in [1.29, 1.82) is 0 Å². The quantitative estimate of drug-likeness (QED) is 0.548. The van der Waals surface area contributed by atoms with Crippen molar-refractivity contribution in [2.24, 2.45) is 0 Å². The molecule has 2 aromatic carbocycles. The minimum atomic E-state index is -1.15. The maximum Gasteiger partial charge on any atom is 0.408 e. The summed E-state index contributed by atoms with van der Waals surface area (Å²) in [6, 6.07) is 16.6. The van der Waals surface area contributed by atoms with Gasteiger partial charge in [0.2, 0.25) is 0 Å². The van der Waals surface area contributed by atoms with E-state index in [0.717, 1.165) is 29.5 Å². The number of hydrogen-bond acceptors (Lipinski definition) is 6. The van der Waals surface area contributed by atoms with Crippen LogP contribution in [0.1, 0.15) is 30.0 Å². The van der Waals surface area contributed by atoms with E-state index < -0.39 is 24.7 Å². The molecule has 0 aliphatic heterocycles. The minimum absolute atomic E-state index is 0.0561. The van der Waals surface area contributed by atoms with Crippen LogP contribution in [0.2, 0.25) is 0 Å². The number of aliphatic hydroxyl groups excluding tert-OH is 1. The topological polar surface area (TPSA) is 94.1 Å². The van der Waals surface area contributed by atoms with Crippen LogP contribution < -0.4 is 5.32 Å². The number of alkyl carbamates (subject to hydrolysis) is 1. The second-order valence-electron chi connectivity index (χ2n) is 6.89. The molecule has 0 saturated carbocycles. The van der Waals surface area contributed by atoms with Crippen molar-refractivity contribution in [3.05, 3.63) is 71.3 Å². The molecule has 2 aromatic rings. The molecule has 0 radical (unpaired) electrons. The third kappa shape index (κ3) is 7.85. The van der Waals surface area contributed by atoms with E-state index in [9.17, 15) is 9.59 Å². The Hall–Kier alpha value is -2.90. The van der Waals surface area contributed by atoms with Gasteiger partial charge in [0.25, 0.3) is 0 Å². The highest BCUT2D eigenvalue weighted by Crippen LogP contribution is 2.15. The third-order valence-corrected chi connectivity index (χ3v) is 4.64. The Morgan fingerprint density at radius 2 is 1.67 bits per heavy atom. The van der Waals surface area contributed by atoms with E-state index in [1.165, 1.54) is 7.11 Å². The highest BCUT2D eigenvalue weighted by atomic mass is 16.6. The Morgan fingerprint density at radius 1 is 1.00 bits per heavy atom. The van der Waals surface area contributed by atoms with Gasteiger partial charge in [0.15, 0.2) is 6.04 Å². The lowest BCUT2D eigenvalue weighted by molar-refractivity contribution is -0.144. The van der Waals surface area contributed by atoms with Crippen LogP contribution in [0.4, 0.5) is 4.79 Å². The molecular weight excluding hydrogens is 386 g/mol. The lowest BCUT2D eigenvalue weighted by atomic mass is 10.0. The largest absolute Gasteiger partial charge is 0.467 e. The molecule has 30 heavy (non-hydrogen) atoms. The standard InChI is InChI=1S/C23H29NO6/c1-17(29-15-18-8-4-3-5-9-18)12-13-19-10-6-7-11-20(19)16-30-23(27)24-21(14-25)22(26)28-2/h3-11,17,21,25H,12-16H2,1-2H3,(H,24,27)/t17-,21+/m1/s1. The maximum absolute atomic E-state index is 11.9. The van der Waals surface area contributed by atoms with Crippen LogP contribution >= 0.6 is 0 Å². The van der Waals surface area contributed by atoms with E-state index in [4.69, 9.17) is 14.6 Å². The van der Waals surface area contributed by atoms with Crippen LogP contribution in [0.3, 0.4) is 0 Å². The molecule has 0 heterocycles. The zero-order valence-corrected chi connectivity index (χ0v) is 17.4. The van der Waals surface area contributed by atoms with Crippen molar-refractivity contribution >= 4 is 12.1 Å². The van der Waals surface area contributed by atoms with Gasteiger partial charge in [-0.05, 0) is 36.5 Å². The number of carbonyl (C=O) groups is 2. The van der Waals surface area contributed by atoms with Crippen molar-refractivity contribution < 1.29 is 28.9 Å². The number of hydrogen-bond donors (Lipinski definition) is 2. The van der Waals surface area contributed by atoms with Gasteiger partial charge in [0.1, 0.15) is 6.61 Å². The molecule has 2 atom stereocenters. The van der Waals surface area contributed by atoms with Crippen molar-refractivity contribution in [2.75, 3.05) is 13.7 Å². The van der Waals surface area contributed by atoms with Crippen molar-refractivity contribution in [1.82, 2.24) is 5.32 Å². The molecule has 0 aliphatic carbocycles. The Bertz CT molecular complexity index is 795. The van der Waals surface area contributed by atoms with E-state index in [-0.39, 0.29) is 12.7 Å². The first-order valence-electron chi connectivity index (χ1n) is 9.87. The third-order valence-electron chi connectivity index (χ3n) is 4.64. The van der Waals surface area contributed by atoms with Crippen molar-refractivity contribution in [3.8, 4) is 0 Å². The summed E-state index contributed by atoms with van der Waals surface area (Å²) in [5, 5.41) is 11.4. The van der Waals surface area contributed by atoms with Gasteiger partial charge in [0.05, 0.1) is 26.4 Å². The Balaban J connectivity index is 1.82. The fourth-order valence-electron chi connectivity index (χ4n) is 2.85. The van der Waals surface area contributed by atoms with Crippen LogP contribution in [0.15, 0.2) is 54.6 Å². The molecule has 0 fully saturated rings. The molecule has 7 heteroatoms. The summed E-state index contributed by atoms with van der Waals surface area (Å²) in [7, 11) is 1.18. The summed E-state index contributed by atoms with van der Waals surface area (Å²) >= 11 is 0. The number of esters is 1. The van der Waals surface area contributed by atoms with Crippen LogP contribution in [-0.4, -0.2) is 43.0 Å². The molecule has 0 aliphatic rings. The number of carbonyl (C=O) groups excluding carboxylic acids is 2. The number of aryl methyl sites for hydroxylation is 1. The summed E-state index contributed by atoms with van der Waals surface area (Å²) in [6.07, 6.45) is 0.880. The molecular formula is C23H29NO6. The maximum atomic E-state index is 11.9. The van der Waals surface area contributed by atoms with E-state index in [1.807, 2.05) is 61.5 Å². The molecule has 0 bridgehead atoms. The fraction of sp³-hybridized carbons (Fsp3) is 0.391. The Morgan fingerprint density at radius 3 is 2.33 bits per heavy atom. The van der Waals surface area contributed by atoms with E-state index >= 15 is 0 Å². The molecule has 2 rings (SSSR count). The highest BCUT2D eigenvalue weighted by Gasteiger charge is 2.21. The lowest BCUT2D eigenvalue weighted by Gasteiger charge is -2.16. The predicted molar refractivity (Wildman–Crippen MR) is 112 cm³/mol. The van der Waals surface area contributed by atoms with Crippen LogP contribution in [-0.2, 0) is 38.6 Å². The van der Waals surface area contributed by atoms with Gasteiger partial charge in [-0.1, -0.05) is 54.6 Å². The van der Waals surface area contributed by atoms with Gasteiger partial charge < -0.3 is 24.6 Å². The molecule has 2 N–H and O–H groups in total. The molecule has 0 spiro atoms. The van der Waals surface area contributed by atoms with Gasteiger partial charge in [0, 0.05) is 0 Å². The number of benzene rings is 2. The average Bonchev–Trinajstić information content (AvgIpc) is 2.79. The highest BCUT2D eigenvalue weighted by molar-refractivity contribution is 5.81. The first-order valence-corrected chi connectivity index (χ1v) is 9.87. The summed E-state index contributed by atoms with van der Waals surface area (Å²) in [4.78, 5) is 23.4. The van der Waals surface area contributed by atoms with Crippen LogP contribution in [0, 0.1) is 0 Å². The zero-order chi connectivity index (χ0) is 21.8. The molecule has 0 aromatic heterocycles. The summed E-state index contributed by atoms with van der Waals surface area (Å²) in [5.74, 6) is -0.737. The van der Waals surface area contributed by atoms with Gasteiger partial charge >= 0.3 is 12.1 Å². The van der Waals surface area contributed by atoms with Gasteiger partial charge in [-0.3, -0.25) is 0 Å². The van der Waals surface area contributed by atoms with E-state index in [1.54, 1.807) is 0 Å². The van der Waals surface area contributed by atoms with Crippen molar-refractivity contribution in [2.45, 2.75) is 45.1 Å². The molecule has 0 saturated heterocycles. The first-order chi connectivity index (χ1) is 14.5. The van der Waals surface area contributed by atoms with Crippen molar-refractivity contribution in [3.63, 3.8) is 0 Å². The lowest BCUT2D eigenvalue weighted by Crippen LogP contribution is -2.44. The average molecular weight is 415 g/mol. The number of methoxy groups -OCH3 is 1. The smallest absolute Gasteiger partial charge is 0.408 e. The van der Waals surface area contributed by atoms with Crippen LogP contribution in [0.5, 0.6) is 0 Å². The number of rotatable bonds is 11. The number of amides is 1. The van der Waals surface area contributed by atoms with Crippen LogP contribution in [0.25, 0.3) is 0 Å². The summed E-state index contributed by atoms with van der Waals surface area (Å²) in [6.45, 7) is 2.09. The summed E-state index contributed by atoms with van der Waals surface area (Å²) in [5.41, 5.74) is 3.07. The fourth-order valence-corrected chi connectivity index (χ4v) is 2.85. The summed E-state index contributed by atoms with van der Waals surface area (Å²) < 4.78 is 15.6. The monoisotopic (exact) mass is 415 g/mol. The molecule has 7 nitrogen and oxygen atoms in total. The first kappa shape index (κ1) is 23.4. The van der Waals surface area contributed by atoms with E-state index in [0.29, 0.717) is 6.61 Å². The molecule has 162 valence electrons. The second kappa shape index (κ2) is 12.6. The number of aliphatic hydroxyl groups is 1. The normalized spacial score (nSPS) is 12.6. The molecule has 1 amide bonds. The molecule has 0 unspecified atom stereocenters. The Kier molecular flexibility index (Phi) is 9.83. The Labute approximate surface area is 177 Å². The SMILES string of the molecule is COC(=O)[C@H](CO)NC(=O)OCc1ccccc1CC[C@@H](C)OCc1ccccc1. The van der Waals surface area contributed by atoms with Gasteiger partial charge in [-0.25, -0.2) is 9.59 Å². The van der Waals surface area contributed by atoms with Gasteiger partial charge in [-0.15, -0.1) is 0 Å². The number of nitrogens with one attached hydrogen (secondary N) is 1. The number of ether oxygens (including phenoxy) is 3.